The van der Waals surface area contributed by atoms with Crippen molar-refractivity contribution in [1.82, 2.24) is 9.66 Å². The molecule has 25 heavy (non-hydrogen) atoms. The van der Waals surface area contributed by atoms with Gasteiger partial charge in [-0.3, -0.25) is 9.80 Å². The van der Waals surface area contributed by atoms with Crippen molar-refractivity contribution in [3.63, 3.8) is 0 Å². The Kier molecular flexibility index (Phi) is 3.74. The SMILES string of the molecule is C[C@H](N)c1nc2cccc(Cl)c2c(=O)n1N1CCc2cc(F)ccc21. The second-order valence-electron chi connectivity index (χ2n) is 6.16. The van der Waals surface area contributed by atoms with E-state index in [9.17, 15) is 9.18 Å². The highest BCUT2D eigenvalue weighted by Gasteiger charge is 2.26. The molecule has 1 aromatic heterocycles. The molecule has 4 rings (SSSR count). The van der Waals surface area contributed by atoms with Gasteiger partial charge in [-0.2, -0.15) is 0 Å². The molecule has 3 aromatic rings. The maximum absolute atomic E-state index is 13.5. The lowest BCUT2D eigenvalue weighted by molar-refractivity contribution is 0.593. The van der Waals surface area contributed by atoms with Crippen molar-refractivity contribution in [2.75, 3.05) is 11.6 Å². The van der Waals surface area contributed by atoms with Gasteiger partial charge in [0.15, 0.2) is 0 Å². The zero-order valence-corrected chi connectivity index (χ0v) is 14.3. The molecule has 0 radical (unpaired) electrons. The zero-order valence-electron chi connectivity index (χ0n) is 13.5. The first kappa shape index (κ1) is 16.1. The number of benzene rings is 2. The highest BCUT2D eigenvalue weighted by Crippen LogP contribution is 2.30. The minimum Gasteiger partial charge on any atom is -0.322 e. The Morgan fingerprint density at radius 2 is 2.12 bits per heavy atom. The van der Waals surface area contributed by atoms with Crippen LogP contribution in [0.3, 0.4) is 0 Å². The Balaban J connectivity index is 2.02. The van der Waals surface area contributed by atoms with Crippen LogP contribution in [0.2, 0.25) is 5.02 Å². The van der Waals surface area contributed by atoms with Crippen molar-refractivity contribution >= 4 is 28.2 Å². The van der Waals surface area contributed by atoms with Crippen LogP contribution >= 0.6 is 11.6 Å². The van der Waals surface area contributed by atoms with Crippen LogP contribution in [0.5, 0.6) is 0 Å². The van der Waals surface area contributed by atoms with Crippen molar-refractivity contribution < 1.29 is 4.39 Å². The number of nitrogens with zero attached hydrogens (tertiary/aromatic N) is 3. The Labute approximate surface area is 148 Å². The molecule has 0 amide bonds. The third-order valence-corrected chi connectivity index (χ3v) is 4.73. The van der Waals surface area contributed by atoms with Gasteiger partial charge in [0.2, 0.25) is 0 Å². The van der Waals surface area contributed by atoms with Crippen LogP contribution in [-0.4, -0.2) is 16.2 Å². The average molecular weight is 359 g/mol. The van der Waals surface area contributed by atoms with Crippen molar-refractivity contribution in [2.45, 2.75) is 19.4 Å². The molecule has 0 fully saturated rings. The molecule has 5 nitrogen and oxygen atoms in total. The summed E-state index contributed by atoms with van der Waals surface area (Å²) in [6.45, 7) is 2.31. The molecule has 1 atom stereocenters. The maximum atomic E-state index is 13.5. The molecule has 0 bridgehead atoms. The van der Waals surface area contributed by atoms with Crippen LogP contribution in [0.15, 0.2) is 41.2 Å². The molecule has 7 heteroatoms. The third-order valence-electron chi connectivity index (χ3n) is 4.41. The van der Waals surface area contributed by atoms with Crippen LogP contribution in [0.25, 0.3) is 10.9 Å². The molecular formula is C18H16ClFN4O. The van der Waals surface area contributed by atoms with Crippen LogP contribution in [0, 0.1) is 5.82 Å². The van der Waals surface area contributed by atoms with Crippen LogP contribution in [0.4, 0.5) is 10.1 Å². The quantitative estimate of drug-likeness (QED) is 0.764. The molecule has 2 N–H and O–H groups in total. The first-order valence-electron chi connectivity index (χ1n) is 8.00. The predicted octanol–water partition coefficient (Wildman–Crippen LogP) is 3.03. The number of nitrogens with two attached hydrogens (primary N) is 1. The molecule has 128 valence electrons. The number of fused-ring (bicyclic) bond motifs is 2. The molecule has 1 aliphatic rings. The number of hydrogen-bond acceptors (Lipinski definition) is 4. The molecule has 0 spiro atoms. The van der Waals surface area contributed by atoms with E-state index in [-0.39, 0.29) is 11.4 Å². The Bertz CT molecular complexity index is 1050. The fraction of sp³-hybridized carbons (Fsp3) is 0.222. The van der Waals surface area contributed by atoms with Gasteiger partial charge >= 0.3 is 0 Å². The maximum Gasteiger partial charge on any atom is 0.282 e. The Hall–Kier alpha value is -2.44. The molecule has 2 heterocycles. The monoisotopic (exact) mass is 358 g/mol. The van der Waals surface area contributed by atoms with E-state index >= 15 is 0 Å². The summed E-state index contributed by atoms with van der Waals surface area (Å²) in [5.41, 5.74) is 7.94. The van der Waals surface area contributed by atoms with Gasteiger partial charge in [0.25, 0.3) is 5.56 Å². The number of halogens is 2. The summed E-state index contributed by atoms with van der Waals surface area (Å²) in [6.07, 6.45) is 0.637. The minimum atomic E-state index is -0.458. The molecular weight excluding hydrogens is 343 g/mol. The van der Waals surface area contributed by atoms with Gasteiger partial charge in [0, 0.05) is 6.54 Å². The Morgan fingerprint density at radius 3 is 2.88 bits per heavy atom. The van der Waals surface area contributed by atoms with Gasteiger partial charge in [-0.25, -0.2) is 14.1 Å². The summed E-state index contributed by atoms with van der Waals surface area (Å²) in [6, 6.07) is 9.25. The fourth-order valence-electron chi connectivity index (χ4n) is 3.29. The molecule has 0 unspecified atom stereocenters. The predicted molar refractivity (Wildman–Crippen MR) is 96.5 cm³/mol. The average Bonchev–Trinajstić information content (AvgIpc) is 2.97. The summed E-state index contributed by atoms with van der Waals surface area (Å²) < 4.78 is 15.0. The number of anilines is 1. The van der Waals surface area contributed by atoms with Crippen molar-refractivity contribution in [3.8, 4) is 0 Å². The largest absolute Gasteiger partial charge is 0.322 e. The fourth-order valence-corrected chi connectivity index (χ4v) is 3.54. The highest BCUT2D eigenvalue weighted by molar-refractivity contribution is 6.35. The number of rotatable bonds is 2. The number of hydrogen-bond donors (Lipinski definition) is 1. The van der Waals surface area contributed by atoms with E-state index in [1.54, 1.807) is 36.2 Å². The van der Waals surface area contributed by atoms with E-state index in [0.717, 1.165) is 11.3 Å². The van der Waals surface area contributed by atoms with Crippen molar-refractivity contribution in [3.05, 3.63) is 69.0 Å². The van der Waals surface area contributed by atoms with Crippen LogP contribution in [0.1, 0.15) is 24.4 Å². The lowest BCUT2D eigenvalue weighted by Gasteiger charge is -2.26. The van der Waals surface area contributed by atoms with Crippen molar-refractivity contribution in [2.24, 2.45) is 5.73 Å². The van der Waals surface area contributed by atoms with Crippen LogP contribution < -0.4 is 16.3 Å². The van der Waals surface area contributed by atoms with E-state index in [1.165, 1.54) is 16.8 Å². The molecule has 0 aliphatic carbocycles. The van der Waals surface area contributed by atoms with Crippen molar-refractivity contribution in [1.29, 1.82) is 0 Å². The van der Waals surface area contributed by atoms with Gasteiger partial charge in [-0.05, 0) is 49.2 Å². The standard InChI is InChI=1S/C18H16ClFN4O/c1-10(21)17-22-14-4-2-3-13(19)16(14)18(25)24(17)23-8-7-11-9-12(20)5-6-15(11)23/h2-6,9-10H,7-8,21H2,1H3/t10-/m0/s1. The zero-order chi connectivity index (χ0) is 17.7. The molecule has 0 saturated heterocycles. The summed E-state index contributed by atoms with van der Waals surface area (Å²) in [4.78, 5) is 17.8. The number of aromatic nitrogens is 2. The van der Waals surface area contributed by atoms with E-state index in [0.29, 0.717) is 34.7 Å². The lowest BCUT2D eigenvalue weighted by atomic mass is 10.2. The van der Waals surface area contributed by atoms with E-state index in [1.807, 2.05) is 0 Å². The second kappa shape index (κ2) is 5.82. The van der Waals surface area contributed by atoms with Gasteiger partial charge in [-0.1, -0.05) is 17.7 Å². The van der Waals surface area contributed by atoms with E-state index in [4.69, 9.17) is 17.3 Å². The lowest BCUT2D eigenvalue weighted by Crippen LogP contribution is -2.41. The summed E-state index contributed by atoms with van der Waals surface area (Å²) in [5.74, 6) is 0.150. The summed E-state index contributed by atoms with van der Waals surface area (Å²) >= 11 is 6.24. The van der Waals surface area contributed by atoms with Crippen LogP contribution in [-0.2, 0) is 6.42 Å². The van der Waals surface area contributed by atoms with Gasteiger partial charge < -0.3 is 5.73 Å². The molecule has 2 aromatic carbocycles. The minimum absolute atomic E-state index is 0.278. The second-order valence-corrected chi connectivity index (χ2v) is 6.56. The summed E-state index contributed by atoms with van der Waals surface area (Å²) in [7, 11) is 0. The summed E-state index contributed by atoms with van der Waals surface area (Å²) in [5, 5.41) is 2.49. The smallest absolute Gasteiger partial charge is 0.282 e. The van der Waals surface area contributed by atoms with E-state index in [2.05, 4.69) is 4.98 Å². The van der Waals surface area contributed by atoms with Gasteiger partial charge in [0.05, 0.1) is 27.7 Å². The Morgan fingerprint density at radius 1 is 1.32 bits per heavy atom. The van der Waals surface area contributed by atoms with Gasteiger partial charge in [0.1, 0.15) is 11.6 Å². The molecule has 0 saturated carbocycles. The first-order valence-corrected chi connectivity index (χ1v) is 8.38. The first-order chi connectivity index (χ1) is 12.0. The third kappa shape index (κ3) is 2.49. The van der Waals surface area contributed by atoms with Gasteiger partial charge in [-0.15, -0.1) is 0 Å². The normalized spacial score (nSPS) is 14.8. The molecule has 1 aliphatic heterocycles. The topological polar surface area (TPSA) is 64.1 Å². The van der Waals surface area contributed by atoms with E-state index < -0.39 is 6.04 Å². The highest BCUT2D eigenvalue weighted by atomic mass is 35.5.